The van der Waals surface area contributed by atoms with Crippen LogP contribution in [0.3, 0.4) is 0 Å². The third kappa shape index (κ3) is 2.93. The maximum absolute atomic E-state index is 5.84. The Hall–Kier alpha value is -0.870. The van der Waals surface area contributed by atoms with Crippen LogP contribution in [-0.4, -0.2) is 15.6 Å². The molecule has 0 saturated carbocycles. The van der Waals surface area contributed by atoms with Crippen LogP contribution in [0.2, 0.25) is 0 Å². The predicted octanol–water partition coefficient (Wildman–Crippen LogP) is 3.49. The van der Waals surface area contributed by atoms with Crippen molar-refractivity contribution in [3.8, 4) is 0 Å². The maximum atomic E-state index is 5.84. The molecule has 1 atom stereocenters. The molecule has 0 amide bonds. The van der Waals surface area contributed by atoms with Crippen LogP contribution in [0, 0.1) is 0 Å². The molecule has 2 N–H and O–H groups in total. The number of aryl methyl sites for hydroxylation is 2. The number of halogens is 1. The van der Waals surface area contributed by atoms with Gasteiger partial charge >= 0.3 is 0 Å². The first-order chi connectivity index (χ1) is 8.61. The number of imidazole rings is 1. The average molecular weight is 310 g/mol. The fourth-order valence-electron chi connectivity index (χ4n) is 2.17. The van der Waals surface area contributed by atoms with E-state index in [9.17, 15) is 0 Å². The normalized spacial score (nSPS) is 13.1. The standard InChI is InChI=1S/C14H20BrN3/c1-3-8-18-13-6-5-11(15)9-12(13)17-14(18)7-4-10(2)16/h5-6,9-10H,3-4,7-8,16H2,1-2H3. The first-order valence-electron chi connectivity index (χ1n) is 6.52. The molecule has 1 aromatic carbocycles. The Morgan fingerprint density at radius 3 is 2.89 bits per heavy atom. The summed E-state index contributed by atoms with van der Waals surface area (Å²) in [5.41, 5.74) is 8.13. The van der Waals surface area contributed by atoms with E-state index in [0.29, 0.717) is 0 Å². The largest absolute Gasteiger partial charge is 0.328 e. The quantitative estimate of drug-likeness (QED) is 0.918. The summed E-state index contributed by atoms with van der Waals surface area (Å²) in [5.74, 6) is 1.15. The number of nitrogens with zero attached hydrogens (tertiary/aromatic N) is 2. The number of fused-ring (bicyclic) bond motifs is 1. The van der Waals surface area contributed by atoms with E-state index in [1.54, 1.807) is 0 Å². The van der Waals surface area contributed by atoms with Crippen LogP contribution in [0.1, 0.15) is 32.5 Å². The van der Waals surface area contributed by atoms with Gasteiger partial charge < -0.3 is 10.3 Å². The van der Waals surface area contributed by atoms with Crippen molar-refractivity contribution >= 4 is 27.0 Å². The molecule has 0 spiro atoms. The summed E-state index contributed by atoms with van der Waals surface area (Å²) in [6.07, 6.45) is 3.05. The Morgan fingerprint density at radius 2 is 2.22 bits per heavy atom. The molecule has 3 nitrogen and oxygen atoms in total. The number of rotatable bonds is 5. The average Bonchev–Trinajstić information content (AvgIpc) is 2.64. The monoisotopic (exact) mass is 309 g/mol. The van der Waals surface area contributed by atoms with E-state index in [1.807, 2.05) is 6.92 Å². The number of hydrogen-bond acceptors (Lipinski definition) is 2. The van der Waals surface area contributed by atoms with Crippen molar-refractivity contribution < 1.29 is 0 Å². The highest BCUT2D eigenvalue weighted by molar-refractivity contribution is 9.10. The minimum absolute atomic E-state index is 0.228. The maximum Gasteiger partial charge on any atom is 0.109 e. The van der Waals surface area contributed by atoms with E-state index < -0.39 is 0 Å². The fraction of sp³-hybridized carbons (Fsp3) is 0.500. The summed E-state index contributed by atoms with van der Waals surface area (Å²) in [7, 11) is 0. The molecule has 18 heavy (non-hydrogen) atoms. The lowest BCUT2D eigenvalue weighted by Crippen LogP contribution is -2.16. The van der Waals surface area contributed by atoms with E-state index in [4.69, 9.17) is 10.7 Å². The summed E-state index contributed by atoms with van der Waals surface area (Å²) in [5, 5.41) is 0. The number of nitrogens with two attached hydrogens (primary N) is 1. The summed E-state index contributed by atoms with van der Waals surface area (Å²) in [6, 6.07) is 6.52. The second-order valence-corrected chi connectivity index (χ2v) is 5.74. The van der Waals surface area contributed by atoms with E-state index >= 15 is 0 Å². The number of hydrogen-bond donors (Lipinski definition) is 1. The molecule has 0 bridgehead atoms. The number of benzene rings is 1. The van der Waals surface area contributed by atoms with Gasteiger partial charge in [0.1, 0.15) is 5.82 Å². The summed E-state index contributed by atoms with van der Waals surface area (Å²) in [6.45, 7) is 5.26. The first-order valence-corrected chi connectivity index (χ1v) is 7.31. The van der Waals surface area contributed by atoms with E-state index in [0.717, 1.165) is 41.6 Å². The third-order valence-electron chi connectivity index (χ3n) is 3.06. The molecule has 98 valence electrons. The van der Waals surface area contributed by atoms with Gasteiger partial charge in [0.2, 0.25) is 0 Å². The Morgan fingerprint density at radius 1 is 1.44 bits per heavy atom. The molecule has 0 radical (unpaired) electrons. The zero-order valence-corrected chi connectivity index (χ0v) is 12.6. The van der Waals surface area contributed by atoms with Gasteiger partial charge in [-0.3, -0.25) is 0 Å². The van der Waals surface area contributed by atoms with E-state index in [-0.39, 0.29) is 6.04 Å². The molecule has 1 heterocycles. The van der Waals surface area contributed by atoms with Crippen LogP contribution in [0.5, 0.6) is 0 Å². The van der Waals surface area contributed by atoms with Crippen LogP contribution in [0.4, 0.5) is 0 Å². The highest BCUT2D eigenvalue weighted by Gasteiger charge is 2.10. The van der Waals surface area contributed by atoms with Gasteiger partial charge in [0.25, 0.3) is 0 Å². The number of aromatic nitrogens is 2. The Kier molecular flexibility index (Phi) is 4.40. The van der Waals surface area contributed by atoms with E-state index in [1.165, 1.54) is 5.52 Å². The molecule has 1 unspecified atom stereocenters. The van der Waals surface area contributed by atoms with Gasteiger partial charge in [0.15, 0.2) is 0 Å². The van der Waals surface area contributed by atoms with Gasteiger partial charge in [0.05, 0.1) is 11.0 Å². The predicted molar refractivity (Wildman–Crippen MR) is 79.7 cm³/mol. The van der Waals surface area contributed by atoms with Crippen LogP contribution in [0.15, 0.2) is 22.7 Å². The van der Waals surface area contributed by atoms with Gasteiger partial charge in [-0.05, 0) is 38.0 Å². The van der Waals surface area contributed by atoms with E-state index in [2.05, 4.69) is 45.6 Å². The molecule has 0 saturated heterocycles. The van der Waals surface area contributed by atoms with Crippen LogP contribution >= 0.6 is 15.9 Å². The van der Waals surface area contributed by atoms with Crippen LogP contribution in [0.25, 0.3) is 11.0 Å². The lowest BCUT2D eigenvalue weighted by Gasteiger charge is -2.09. The Labute approximate surface area is 117 Å². The van der Waals surface area contributed by atoms with Gasteiger partial charge in [0, 0.05) is 23.5 Å². The van der Waals surface area contributed by atoms with Crippen molar-refractivity contribution in [1.29, 1.82) is 0 Å². The molecule has 0 fully saturated rings. The zero-order valence-electron chi connectivity index (χ0n) is 11.0. The molecule has 0 aliphatic heterocycles. The van der Waals surface area contributed by atoms with Crippen molar-refractivity contribution in [2.24, 2.45) is 5.73 Å². The molecule has 4 heteroatoms. The smallest absolute Gasteiger partial charge is 0.109 e. The van der Waals surface area contributed by atoms with Crippen molar-refractivity contribution in [2.45, 2.75) is 45.7 Å². The SMILES string of the molecule is CCCn1c(CCC(C)N)nc2cc(Br)ccc21. The molecule has 2 rings (SSSR count). The molecule has 0 aliphatic carbocycles. The van der Waals surface area contributed by atoms with Gasteiger partial charge in [-0.25, -0.2) is 4.98 Å². The molecular weight excluding hydrogens is 290 g/mol. The minimum atomic E-state index is 0.228. The summed E-state index contributed by atoms with van der Waals surface area (Å²) in [4.78, 5) is 4.74. The minimum Gasteiger partial charge on any atom is -0.328 e. The fourth-order valence-corrected chi connectivity index (χ4v) is 2.52. The highest BCUT2D eigenvalue weighted by Crippen LogP contribution is 2.22. The highest BCUT2D eigenvalue weighted by atomic mass is 79.9. The lowest BCUT2D eigenvalue weighted by molar-refractivity contribution is 0.601. The summed E-state index contributed by atoms with van der Waals surface area (Å²) < 4.78 is 3.40. The molecule has 0 aliphatic rings. The molecule has 2 aromatic rings. The van der Waals surface area contributed by atoms with Crippen molar-refractivity contribution in [2.75, 3.05) is 0 Å². The zero-order chi connectivity index (χ0) is 13.1. The van der Waals surface area contributed by atoms with Gasteiger partial charge in [-0.2, -0.15) is 0 Å². The third-order valence-corrected chi connectivity index (χ3v) is 3.55. The molecular formula is C14H20BrN3. The van der Waals surface area contributed by atoms with Gasteiger partial charge in [-0.15, -0.1) is 0 Å². The van der Waals surface area contributed by atoms with Crippen molar-refractivity contribution in [1.82, 2.24) is 9.55 Å². The molecule has 1 aromatic heterocycles. The second-order valence-electron chi connectivity index (χ2n) is 4.83. The second kappa shape index (κ2) is 5.85. The summed E-state index contributed by atoms with van der Waals surface area (Å²) >= 11 is 3.50. The van der Waals surface area contributed by atoms with Crippen molar-refractivity contribution in [3.05, 3.63) is 28.5 Å². The van der Waals surface area contributed by atoms with Crippen LogP contribution < -0.4 is 5.73 Å². The Bertz CT molecular complexity index is 531. The Balaban J connectivity index is 2.40. The first kappa shape index (κ1) is 13.6. The van der Waals surface area contributed by atoms with Gasteiger partial charge in [-0.1, -0.05) is 22.9 Å². The lowest BCUT2D eigenvalue weighted by atomic mass is 10.2. The topological polar surface area (TPSA) is 43.8 Å². The van der Waals surface area contributed by atoms with Crippen LogP contribution in [-0.2, 0) is 13.0 Å². The van der Waals surface area contributed by atoms with Crippen molar-refractivity contribution in [3.63, 3.8) is 0 Å².